The van der Waals surface area contributed by atoms with Gasteiger partial charge in [0.1, 0.15) is 5.75 Å². The van der Waals surface area contributed by atoms with Crippen molar-refractivity contribution in [1.82, 2.24) is 0 Å². The lowest BCUT2D eigenvalue weighted by Crippen LogP contribution is -2.37. The standard InChI is InChI=1S/C18H21NO2/c1-13-5-3-4-6-17(13)19-18(12-20)10-9-14-7-8-15(21-2)11-16(14)18/h3-8,11,19-20H,9-10,12H2,1-2H3. The molecule has 0 fully saturated rings. The van der Waals surface area contributed by atoms with Crippen molar-refractivity contribution in [3.63, 3.8) is 0 Å². The van der Waals surface area contributed by atoms with Gasteiger partial charge < -0.3 is 15.2 Å². The Bertz CT molecular complexity index is 653. The van der Waals surface area contributed by atoms with E-state index in [1.54, 1.807) is 7.11 Å². The van der Waals surface area contributed by atoms with Gasteiger partial charge in [-0.25, -0.2) is 0 Å². The van der Waals surface area contributed by atoms with Gasteiger partial charge >= 0.3 is 0 Å². The topological polar surface area (TPSA) is 41.5 Å². The Balaban J connectivity index is 2.02. The van der Waals surface area contributed by atoms with Gasteiger partial charge in [-0.1, -0.05) is 24.3 Å². The van der Waals surface area contributed by atoms with E-state index in [4.69, 9.17) is 4.74 Å². The molecule has 0 bridgehead atoms. The molecule has 0 spiro atoms. The zero-order chi connectivity index (χ0) is 14.9. The maximum atomic E-state index is 10.1. The van der Waals surface area contributed by atoms with Crippen LogP contribution in [0.3, 0.4) is 0 Å². The minimum atomic E-state index is -0.421. The highest BCUT2D eigenvalue weighted by atomic mass is 16.5. The highest BCUT2D eigenvalue weighted by Crippen LogP contribution is 2.41. The molecule has 0 saturated heterocycles. The van der Waals surface area contributed by atoms with Crippen molar-refractivity contribution in [3.05, 3.63) is 59.2 Å². The summed E-state index contributed by atoms with van der Waals surface area (Å²) in [5, 5.41) is 13.7. The molecule has 0 aromatic heterocycles. The molecule has 1 atom stereocenters. The molecule has 2 aromatic rings. The highest BCUT2D eigenvalue weighted by Gasteiger charge is 2.38. The fourth-order valence-electron chi connectivity index (χ4n) is 3.13. The van der Waals surface area contributed by atoms with E-state index in [9.17, 15) is 5.11 Å². The smallest absolute Gasteiger partial charge is 0.119 e. The number of aliphatic hydroxyl groups is 1. The quantitative estimate of drug-likeness (QED) is 0.905. The summed E-state index contributed by atoms with van der Waals surface area (Å²) in [5.41, 5.74) is 4.26. The first-order valence-corrected chi connectivity index (χ1v) is 7.30. The van der Waals surface area contributed by atoms with Crippen LogP contribution >= 0.6 is 0 Å². The van der Waals surface area contributed by atoms with E-state index < -0.39 is 5.54 Å². The van der Waals surface area contributed by atoms with Gasteiger partial charge in [-0.15, -0.1) is 0 Å². The van der Waals surface area contributed by atoms with Crippen LogP contribution in [0, 0.1) is 6.92 Å². The summed E-state index contributed by atoms with van der Waals surface area (Å²) < 4.78 is 5.34. The Hall–Kier alpha value is -2.00. The van der Waals surface area contributed by atoms with Crippen LogP contribution in [0.5, 0.6) is 5.75 Å². The second-order valence-electron chi connectivity index (χ2n) is 5.70. The molecule has 3 heteroatoms. The molecule has 1 unspecified atom stereocenters. The number of methoxy groups -OCH3 is 1. The number of rotatable bonds is 4. The molecule has 3 nitrogen and oxygen atoms in total. The lowest BCUT2D eigenvalue weighted by molar-refractivity contribution is 0.211. The van der Waals surface area contributed by atoms with Crippen LogP contribution in [-0.4, -0.2) is 18.8 Å². The van der Waals surface area contributed by atoms with E-state index in [2.05, 4.69) is 30.4 Å². The first-order chi connectivity index (χ1) is 10.2. The number of anilines is 1. The molecule has 2 N–H and O–H groups in total. The molecule has 2 aromatic carbocycles. The Morgan fingerprint density at radius 2 is 2.05 bits per heavy atom. The van der Waals surface area contributed by atoms with Gasteiger partial charge in [0.05, 0.1) is 19.3 Å². The summed E-state index contributed by atoms with van der Waals surface area (Å²) in [5.74, 6) is 0.833. The van der Waals surface area contributed by atoms with E-state index in [1.807, 2.05) is 24.3 Å². The number of nitrogens with one attached hydrogen (secondary N) is 1. The van der Waals surface area contributed by atoms with Gasteiger partial charge in [-0.05, 0) is 54.7 Å². The third-order valence-electron chi connectivity index (χ3n) is 4.44. The molecule has 0 radical (unpaired) electrons. The average Bonchev–Trinajstić information content (AvgIpc) is 2.88. The molecule has 0 saturated carbocycles. The molecule has 1 aliphatic rings. The fraction of sp³-hybridized carbons (Fsp3) is 0.333. The summed E-state index contributed by atoms with van der Waals surface area (Å²) in [6.45, 7) is 2.15. The molecule has 3 rings (SSSR count). The van der Waals surface area contributed by atoms with Gasteiger partial charge in [0, 0.05) is 5.69 Å². The zero-order valence-corrected chi connectivity index (χ0v) is 12.5. The van der Waals surface area contributed by atoms with Crippen molar-refractivity contribution in [3.8, 4) is 5.75 Å². The van der Waals surface area contributed by atoms with E-state index in [0.29, 0.717) is 0 Å². The van der Waals surface area contributed by atoms with Crippen LogP contribution in [0.2, 0.25) is 0 Å². The largest absolute Gasteiger partial charge is 0.497 e. The van der Waals surface area contributed by atoms with Crippen molar-refractivity contribution in [2.24, 2.45) is 0 Å². The molecule has 0 heterocycles. The molecule has 0 amide bonds. The highest BCUT2D eigenvalue weighted by molar-refractivity contribution is 5.57. The number of fused-ring (bicyclic) bond motifs is 1. The molecule has 1 aliphatic carbocycles. The molecule has 21 heavy (non-hydrogen) atoms. The minimum absolute atomic E-state index is 0.0709. The molecular weight excluding hydrogens is 262 g/mol. The summed E-state index contributed by atoms with van der Waals surface area (Å²) in [4.78, 5) is 0. The van der Waals surface area contributed by atoms with Crippen LogP contribution in [0.15, 0.2) is 42.5 Å². The van der Waals surface area contributed by atoms with Gasteiger partial charge in [0.25, 0.3) is 0 Å². The van der Waals surface area contributed by atoms with Gasteiger partial charge in [-0.2, -0.15) is 0 Å². The number of aryl methyl sites for hydroxylation is 2. The van der Waals surface area contributed by atoms with Crippen LogP contribution in [0.4, 0.5) is 5.69 Å². The first-order valence-electron chi connectivity index (χ1n) is 7.30. The Morgan fingerprint density at radius 1 is 1.24 bits per heavy atom. The average molecular weight is 283 g/mol. The third kappa shape index (κ3) is 2.38. The van der Waals surface area contributed by atoms with Crippen LogP contribution in [0.1, 0.15) is 23.1 Å². The Kier molecular flexibility index (Phi) is 3.60. The first kappa shape index (κ1) is 14.0. The van der Waals surface area contributed by atoms with Crippen LogP contribution in [0.25, 0.3) is 0 Å². The lowest BCUT2D eigenvalue weighted by atomic mass is 9.91. The summed E-state index contributed by atoms with van der Waals surface area (Å²) in [6.07, 6.45) is 1.86. The van der Waals surface area contributed by atoms with E-state index in [-0.39, 0.29) is 6.61 Å². The summed E-state index contributed by atoms with van der Waals surface area (Å²) >= 11 is 0. The molecule has 110 valence electrons. The number of hydrogen-bond acceptors (Lipinski definition) is 3. The van der Waals surface area contributed by atoms with Gasteiger partial charge in [-0.3, -0.25) is 0 Å². The van der Waals surface area contributed by atoms with Crippen LogP contribution < -0.4 is 10.1 Å². The molecule has 0 aliphatic heterocycles. The predicted octanol–water partition coefficient (Wildman–Crippen LogP) is 3.25. The number of ether oxygens (including phenoxy) is 1. The summed E-state index contributed by atoms with van der Waals surface area (Å²) in [7, 11) is 1.67. The second-order valence-corrected chi connectivity index (χ2v) is 5.70. The normalized spacial score (nSPS) is 20.1. The van der Waals surface area contributed by atoms with E-state index in [0.717, 1.165) is 29.8 Å². The fourth-order valence-corrected chi connectivity index (χ4v) is 3.13. The van der Waals surface area contributed by atoms with Gasteiger partial charge in [0.2, 0.25) is 0 Å². The Labute approximate surface area is 125 Å². The van der Waals surface area contributed by atoms with Gasteiger partial charge in [0.15, 0.2) is 0 Å². The zero-order valence-electron chi connectivity index (χ0n) is 12.5. The minimum Gasteiger partial charge on any atom is -0.497 e. The molecular formula is C18H21NO2. The lowest BCUT2D eigenvalue weighted by Gasteiger charge is -2.32. The van der Waals surface area contributed by atoms with E-state index in [1.165, 1.54) is 11.1 Å². The number of aliphatic hydroxyl groups excluding tert-OH is 1. The van der Waals surface area contributed by atoms with Crippen molar-refractivity contribution in [2.45, 2.75) is 25.3 Å². The van der Waals surface area contributed by atoms with Crippen molar-refractivity contribution in [1.29, 1.82) is 0 Å². The SMILES string of the molecule is COc1ccc2c(c1)C(CO)(Nc1ccccc1C)CC2. The number of benzene rings is 2. The second kappa shape index (κ2) is 5.41. The number of hydrogen-bond donors (Lipinski definition) is 2. The van der Waals surface area contributed by atoms with Crippen molar-refractivity contribution < 1.29 is 9.84 Å². The van der Waals surface area contributed by atoms with Crippen LogP contribution in [-0.2, 0) is 12.0 Å². The van der Waals surface area contributed by atoms with Crippen molar-refractivity contribution in [2.75, 3.05) is 19.0 Å². The monoisotopic (exact) mass is 283 g/mol. The van der Waals surface area contributed by atoms with Crippen molar-refractivity contribution >= 4 is 5.69 Å². The summed E-state index contributed by atoms with van der Waals surface area (Å²) in [6, 6.07) is 14.3. The van der Waals surface area contributed by atoms with E-state index >= 15 is 0 Å². The Morgan fingerprint density at radius 3 is 2.76 bits per heavy atom. The maximum Gasteiger partial charge on any atom is 0.119 e. The maximum absolute atomic E-state index is 10.1. The third-order valence-corrected chi connectivity index (χ3v) is 4.44. The predicted molar refractivity (Wildman–Crippen MR) is 84.9 cm³/mol. The number of para-hydroxylation sites is 1.